The van der Waals surface area contributed by atoms with Gasteiger partial charge in [0.15, 0.2) is 0 Å². The second kappa shape index (κ2) is 6.97. The molecule has 11 rings (SSSR count). The summed E-state index contributed by atoms with van der Waals surface area (Å²) in [5.41, 5.74) is 11.0. The summed E-state index contributed by atoms with van der Waals surface area (Å²) in [6, 6.07) is 11.0. The fourth-order valence-electron chi connectivity index (χ4n) is 9.84. The van der Waals surface area contributed by atoms with Crippen molar-refractivity contribution in [1.29, 1.82) is 0 Å². The van der Waals surface area contributed by atoms with Gasteiger partial charge in [0.25, 0.3) is 0 Å². The molecule has 4 nitrogen and oxygen atoms in total. The minimum atomic E-state index is -0.0593. The highest BCUT2D eigenvalue weighted by Crippen LogP contribution is 2.58. The highest BCUT2D eigenvalue weighted by molar-refractivity contribution is 6.33. The zero-order valence-corrected chi connectivity index (χ0v) is 23.6. The largest absolute Gasteiger partial charge is 0.455 e. The maximum Gasteiger partial charge on any atom is 0.145 e. The van der Waals surface area contributed by atoms with Crippen molar-refractivity contribution in [3.8, 4) is 0 Å². The number of pyridine rings is 2. The number of rotatable bonds is 0. The van der Waals surface area contributed by atoms with Crippen molar-refractivity contribution in [2.75, 3.05) is 0 Å². The Labute approximate surface area is 232 Å². The minimum Gasteiger partial charge on any atom is -0.455 e. The Balaban J connectivity index is 1.50. The molecule has 2 aromatic carbocycles. The van der Waals surface area contributed by atoms with Gasteiger partial charge in [-0.2, -0.15) is 0 Å². The molecule has 0 amide bonds. The normalized spacial score (nSPS) is 24.5. The summed E-state index contributed by atoms with van der Waals surface area (Å²) >= 11 is 0. The maximum absolute atomic E-state index is 6.75. The second-order valence-electron chi connectivity index (χ2n) is 14.3. The zero-order chi connectivity index (χ0) is 26.7. The van der Waals surface area contributed by atoms with Crippen molar-refractivity contribution in [1.82, 2.24) is 14.4 Å². The molecule has 5 heterocycles. The predicted octanol–water partition coefficient (Wildman–Crippen LogP) is 9.52. The lowest BCUT2D eigenvalue weighted by Gasteiger charge is -2.38. The number of benzene rings is 2. The Hall–Kier alpha value is -3.66. The van der Waals surface area contributed by atoms with Crippen LogP contribution in [0.5, 0.6) is 0 Å². The van der Waals surface area contributed by atoms with Crippen molar-refractivity contribution in [2.24, 2.45) is 11.8 Å². The fourth-order valence-corrected chi connectivity index (χ4v) is 9.84. The highest BCUT2D eigenvalue weighted by atomic mass is 16.3. The first-order valence-corrected chi connectivity index (χ1v) is 15.2. The van der Waals surface area contributed by atoms with Crippen LogP contribution in [0.1, 0.15) is 87.2 Å². The summed E-state index contributed by atoms with van der Waals surface area (Å²) in [5, 5.41) is 7.80. The number of para-hydroxylation sites is 1. The molecule has 2 unspecified atom stereocenters. The number of fused-ring (bicyclic) bond motifs is 10. The number of aryl methyl sites for hydroxylation is 1. The van der Waals surface area contributed by atoms with Gasteiger partial charge in [-0.1, -0.05) is 39.0 Å². The molecule has 0 saturated heterocycles. The van der Waals surface area contributed by atoms with Crippen LogP contribution in [-0.4, -0.2) is 14.4 Å². The van der Waals surface area contributed by atoms with Gasteiger partial charge in [0, 0.05) is 44.2 Å². The van der Waals surface area contributed by atoms with E-state index in [1.54, 1.807) is 5.56 Å². The van der Waals surface area contributed by atoms with Gasteiger partial charge in [-0.05, 0) is 85.5 Å². The van der Waals surface area contributed by atoms with Crippen molar-refractivity contribution >= 4 is 60.0 Å². The third-order valence-corrected chi connectivity index (χ3v) is 10.9. The molecule has 2 fully saturated rings. The summed E-state index contributed by atoms with van der Waals surface area (Å²) in [6.07, 6.45) is 11.1. The molecule has 0 spiro atoms. The summed E-state index contributed by atoms with van der Waals surface area (Å²) in [7, 11) is 0. The average Bonchev–Trinajstić information content (AvgIpc) is 3.52. The van der Waals surface area contributed by atoms with Crippen LogP contribution in [0.3, 0.4) is 0 Å². The van der Waals surface area contributed by atoms with E-state index in [-0.39, 0.29) is 5.41 Å². The Bertz CT molecular complexity index is 2210. The smallest absolute Gasteiger partial charge is 0.145 e. The Morgan fingerprint density at radius 2 is 1.52 bits per heavy atom. The van der Waals surface area contributed by atoms with Crippen LogP contribution in [0.25, 0.3) is 60.0 Å². The summed E-state index contributed by atoms with van der Waals surface area (Å²) in [4.78, 5) is 10.3. The molecule has 0 aliphatic heterocycles. The van der Waals surface area contributed by atoms with E-state index in [0.29, 0.717) is 11.8 Å². The van der Waals surface area contributed by atoms with Crippen molar-refractivity contribution in [3.63, 3.8) is 0 Å². The quantitative estimate of drug-likeness (QED) is 0.199. The standard InChI is InChI=1S/C36H33N3O/c1-17-32(36(2,3)4)30-26(15-37-17)39-25-16-38-33-21-12-18-9-19(13-21)11-20(10-18)28(33)29(25)24-14-23-22-7-5-6-8-27(22)40-35(23)31(30)34(24)39/h5-8,14-16,18-21H,9-13H2,1-4H3. The van der Waals surface area contributed by atoms with Crippen LogP contribution >= 0.6 is 0 Å². The first-order valence-electron chi connectivity index (χ1n) is 15.2. The van der Waals surface area contributed by atoms with Gasteiger partial charge in [-0.15, -0.1) is 0 Å². The van der Waals surface area contributed by atoms with E-state index >= 15 is 0 Å². The van der Waals surface area contributed by atoms with Gasteiger partial charge in [0.2, 0.25) is 0 Å². The molecule has 198 valence electrons. The molecule has 2 saturated carbocycles. The van der Waals surface area contributed by atoms with E-state index < -0.39 is 0 Å². The molecule has 4 aliphatic rings. The van der Waals surface area contributed by atoms with Crippen LogP contribution in [0, 0.1) is 18.8 Å². The molecule has 4 aliphatic carbocycles. The Kier molecular flexibility index (Phi) is 3.85. The average molecular weight is 524 g/mol. The lowest BCUT2D eigenvalue weighted by Crippen LogP contribution is -2.25. The number of furan rings is 1. The predicted molar refractivity (Wildman–Crippen MR) is 163 cm³/mol. The van der Waals surface area contributed by atoms with Crippen molar-refractivity contribution < 1.29 is 4.42 Å². The summed E-state index contributed by atoms with van der Waals surface area (Å²) < 4.78 is 9.24. The van der Waals surface area contributed by atoms with Gasteiger partial charge >= 0.3 is 0 Å². The monoisotopic (exact) mass is 523 g/mol. The molecule has 0 radical (unpaired) electrons. The van der Waals surface area contributed by atoms with Crippen LogP contribution in [0.2, 0.25) is 0 Å². The van der Waals surface area contributed by atoms with E-state index in [1.807, 2.05) is 0 Å². The first-order chi connectivity index (χ1) is 19.4. The van der Waals surface area contributed by atoms with Gasteiger partial charge < -0.3 is 8.82 Å². The molecule has 5 aromatic heterocycles. The number of nitrogens with zero attached hydrogens (tertiary/aromatic N) is 3. The van der Waals surface area contributed by atoms with E-state index in [0.717, 1.165) is 28.7 Å². The first kappa shape index (κ1) is 22.1. The Morgan fingerprint density at radius 1 is 0.800 bits per heavy atom. The molecule has 2 atom stereocenters. The van der Waals surface area contributed by atoms with Crippen molar-refractivity contribution in [3.05, 3.63) is 65.2 Å². The van der Waals surface area contributed by atoms with E-state index in [9.17, 15) is 0 Å². The van der Waals surface area contributed by atoms with E-state index in [4.69, 9.17) is 14.4 Å². The van der Waals surface area contributed by atoms with Gasteiger partial charge in [0.1, 0.15) is 11.2 Å². The van der Waals surface area contributed by atoms with Crippen LogP contribution in [0.15, 0.2) is 47.1 Å². The summed E-state index contributed by atoms with van der Waals surface area (Å²) in [5.74, 6) is 2.99. The molecule has 4 heteroatoms. The zero-order valence-electron chi connectivity index (χ0n) is 23.6. The minimum absolute atomic E-state index is 0.0593. The summed E-state index contributed by atoms with van der Waals surface area (Å²) in [6.45, 7) is 9.10. The topological polar surface area (TPSA) is 43.3 Å². The molecular weight excluding hydrogens is 490 g/mol. The maximum atomic E-state index is 6.75. The molecule has 0 N–H and O–H groups in total. The van der Waals surface area contributed by atoms with Gasteiger partial charge in [0.05, 0.1) is 34.3 Å². The van der Waals surface area contributed by atoms with Gasteiger partial charge in [-0.25, -0.2) is 0 Å². The SMILES string of the molecule is Cc1ncc2c(c1C(C)(C)C)c1c3oc4ccccc4c3cc3c4c5c(ncc4n2c31)C1CC2CC(C1)CC5C2. The van der Waals surface area contributed by atoms with E-state index in [2.05, 4.69) is 74.8 Å². The lowest BCUT2D eigenvalue weighted by atomic mass is 9.67. The third-order valence-electron chi connectivity index (χ3n) is 10.9. The Morgan fingerprint density at radius 3 is 2.33 bits per heavy atom. The molecule has 40 heavy (non-hydrogen) atoms. The van der Waals surface area contributed by atoms with Crippen LogP contribution in [-0.2, 0) is 5.41 Å². The number of aromatic nitrogens is 3. The fraction of sp³-hybridized carbons (Fsp3) is 0.389. The third kappa shape index (κ3) is 2.51. The van der Waals surface area contributed by atoms with Crippen molar-refractivity contribution in [2.45, 2.75) is 77.0 Å². The number of hydrogen-bond acceptors (Lipinski definition) is 3. The van der Waals surface area contributed by atoms with E-state index in [1.165, 1.54) is 92.2 Å². The second-order valence-corrected chi connectivity index (χ2v) is 14.3. The highest BCUT2D eigenvalue weighted by Gasteiger charge is 2.44. The molecular formula is C36H33N3O. The van der Waals surface area contributed by atoms with Crippen LogP contribution < -0.4 is 0 Å². The lowest BCUT2D eigenvalue weighted by molar-refractivity contribution is 0.165. The molecule has 4 bridgehead atoms. The number of hydrogen-bond donors (Lipinski definition) is 0. The van der Waals surface area contributed by atoms with Crippen LogP contribution in [0.4, 0.5) is 0 Å². The molecule has 7 aromatic rings. The van der Waals surface area contributed by atoms with Gasteiger partial charge in [-0.3, -0.25) is 9.97 Å².